The minimum atomic E-state index is -0.445. The summed E-state index contributed by atoms with van der Waals surface area (Å²) in [6.45, 7) is 2.83. The maximum atomic E-state index is 13.3. The van der Waals surface area contributed by atoms with Crippen molar-refractivity contribution in [3.05, 3.63) is 95.5 Å². The van der Waals surface area contributed by atoms with Crippen LogP contribution in [-0.4, -0.2) is 18.3 Å². The van der Waals surface area contributed by atoms with Crippen molar-refractivity contribution in [2.24, 2.45) is 0 Å². The number of halogens is 1. The summed E-state index contributed by atoms with van der Waals surface area (Å²) in [4.78, 5) is 26.1. The van der Waals surface area contributed by atoms with E-state index in [9.17, 15) is 14.0 Å². The number of carbonyl (C=O) groups is 2. The summed E-state index contributed by atoms with van der Waals surface area (Å²) in [5, 5.41) is 3.44. The molecule has 0 saturated heterocycles. The van der Waals surface area contributed by atoms with E-state index in [0.717, 1.165) is 12.8 Å². The Balaban J connectivity index is 1.49. The fraction of sp³-hybridized carbons (Fsp3) is 0.241. The molecular weight excluding hydrogens is 445 g/mol. The van der Waals surface area contributed by atoms with Gasteiger partial charge in [0.2, 0.25) is 5.78 Å². The average Bonchev–Trinajstić information content (AvgIpc) is 3.25. The molecule has 1 heterocycles. The van der Waals surface area contributed by atoms with Crippen molar-refractivity contribution in [3.8, 4) is 5.75 Å². The molecule has 0 spiro atoms. The van der Waals surface area contributed by atoms with Gasteiger partial charge in [-0.05, 0) is 67.1 Å². The maximum absolute atomic E-state index is 13.3. The number of hydrogen-bond acceptors (Lipinski definition) is 4. The Morgan fingerprint density at radius 1 is 0.857 bits per heavy atom. The molecule has 0 atom stereocenters. The number of hydrogen-bond donors (Lipinski definition) is 1. The number of unbranched alkanes of at least 4 members (excludes halogenated alkanes) is 4. The lowest BCUT2D eigenvalue weighted by atomic mass is 10.1. The smallest absolute Gasteiger partial charge is 0.255 e. The molecular formula is C29H28FNO4. The van der Waals surface area contributed by atoms with E-state index in [1.165, 1.54) is 43.5 Å². The largest absolute Gasteiger partial charge is 0.494 e. The molecule has 1 aromatic heterocycles. The fourth-order valence-corrected chi connectivity index (χ4v) is 3.85. The quantitative estimate of drug-likeness (QED) is 0.182. The highest BCUT2D eigenvalue weighted by molar-refractivity contribution is 6.18. The van der Waals surface area contributed by atoms with Crippen LogP contribution in [0.15, 0.2) is 77.2 Å². The van der Waals surface area contributed by atoms with Crippen LogP contribution < -0.4 is 10.1 Å². The number of benzene rings is 3. The van der Waals surface area contributed by atoms with E-state index in [1.54, 1.807) is 48.5 Å². The van der Waals surface area contributed by atoms with Gasteiger partial charge in [-0.1, -0.05) is 44.7 Å². The molecule has 0 aliphatic rings. The third-order valence-electron chi connectivity index (χ3n) is 5.78. The van der Waals surface area contributed by atoms with E-state index in [2.05, 4.69) is 12.2 Å². The van der Waals surface area contributed by atoms with Gasteiger partial charge in [0.25, 0.3) is 5.91 Å². The summed E-state index contributed by atoms with van der Waals surface area (Å²) in [5.74, 6) is -0.564. The number of carbonyl (C=O) groups excluding carboxylic acids is 2. The Bertz CT molecular complexity index is 1290. The van der Waals surface area contributed by atoms with Gasteiger partial charge >= 0.3 is 0 Å². The molecule has 4 aromatic rings. The molecule has 6 heteroatoms. The number of ether oxygens (including phenoxy) is 1. The van der Waals surface area contributed by atoms with Crippen LogP contribution in [-0.2, 0) is 0 Å². The first-order valence-electron chi connectivity index (χ1n) is 11.9. The lowest BCUT2D eigenvalue weighted by Crippen LogP contribution is -2.14. The number of amides is 1. The van der Waals surface area contributed by atoms with Crippen molar-refractivity contribution in [2.45, 2.75) is 39.0 Å². The van der Waals surface area contributed by atoms with Crippen molar-refractivity contribution in [1.82, 2.24) is 0 Å². The molecule has 0 unspecified atom stereocenters. The number of para-hydroxylation sites is 1. The van der Waals surface area contributed by atoms with Gasteiger partial charge in [-0.2, -0.15) is 0 Å². The van der Waals surface area contributed by atoms with Crippen LogP contribution in [0.4, 0.5) is 10.1 Å². The van der Waals surface area contributed by atoms with E-state index in [0.29, 0.717) is 28.9 Å². The standard InChI is InChI=1S/C29H28FNO4/c1-2-3-4-5-8-19-34-23-17-13-21(14-18-23)29(33)31-26-24-9-6-7-10-25(24)35-28(26)27(32)20-11-15-22(30)16-12-20/h6-7,9-18H,2-5,8,19H2,1H3,(H,31,33). The Morgan fingerprint density at radius 2 is 1.54 bits per heavy atom. The predicted molar refractivity (Wildman–Crippen MR) is 135 cm³/mol. The van der Waals surface area contributed by atoms with Crippen LogP contribution in [0.5, 0.6) is 5.75 Å². The van der Waals surface area contributed by atoms with Gasteiger partial charge in [-0.25, -0.2) is 4.39 Å². The van der Waals surface area contributed by atoms with Gasteiger partial charge in [0.15, 0.2) is 5.76 Å². The lowest BCUT2D eigenvalue weighted by molar-refractivity contribution is 0.101. The zero-order valence-electron chi connectivity index (χ0n) is 19.7. The van der Waals surface area contributed by atoms with Gasteiger partial charge in [-0.3, -0.25) is 9.59 Å². The van der Waals surface area contributed by atoms with Crippen LogP contribution in [0.1, 0.15) is 65.5 Å². The number of anilines is 1. The SMILES string of the molecule is CCCCCCCOc1ccc(C(=O)Nc2c(C(=O)c3ccc(F)cc3)oc3ccccc23)cc1. The molecule has 0 aliphatic carbocycles. The first-order valence-corrected chi connectivity index (χ1v) is 11.9. The van der Waals surface area contributed by atoms with E-state index in [-0.39, 0.29) is 22.9 Å². The summed E-state index contributed by atoms with van der Waals surface area (Å²) in [7, 11) is 0. The summed E-state index contributed by atoms with van der Waals surface area (Å²) < 4.78 is 24.9. The minimum absolute atomic E-state index is 0.00538. The molecule has 1 N–H and O–H groups in total. The van der Waals surface area contributed by atoms with Crippen molar-refractivity contribution in [1.29, 1.82) is 0 Å². The molecule has 3 aromatic carbocycles. The zero-order valence-corrected chi connectivity index (χ0v) is 19.7. The van der Waals surface area contributed by atoms with Crippen LogP contribution in [0.25, 0.3) is 11.0 Å². The number of nitrogens with one attached hydrogen (secondary N) is 1. The molecule has 4 rings (SSSR count). The van der Waals surface area contributed by atoms with Crippen molar-refractivity contribution < 1.29 is 23.1 Å². The van der Waals surface area contributed by atoms with Crippen molar-refractivity contribution in [3.63, 3.8) is 0 Å². The van der Waals surface area contributed by atoms with E-state index < -0.39 is 11.6 Å². The van der Waals surface area contributed by atoms with Crippen LogP contribution >= 0.6 is 0 Å². The normalized spacial score (nSPS) is 10.9. The Kier molecular flexibility index (Phi) is 7.93. The highest BCUT2D eigenvalue weighted by Gasteiger charge is 2.23. The zero-order chi connectivity index (χ0) is 24.6. The summed E-state index contributed by atoms with van der Waals surface area (Å²) >= 11 is 0. The van der Waals surface area contributed by atoms with E-state index in [4.69, 9.17) is 9.15 Å². The second kappa shape index (κ2) is 11.5. The molecule has 5 nitrogen and oxygen atoms in total. The molecule has 180 valence electrons. The van der Waals surface area contributed by atoms with Gasteiger partial charge in [-0.15, -0.1) is 0 Å². The number of rotatable bonds is 11. The maximum Gasteiger partial charge on any atom is 0.255 e. The topological polar surface area (TPSA) is 68.5 Å². The van der Waals surface area contributed by atoms with Gasteiger partial charge in [0.05, 0.1) is 12.3 Å². The Morgan fingerprint density at radius 3 is 2.29 bits per heavy atom. The van der Waals surface area contributed by atoms with Crippen LogP contribution in [0.2, 0.25) is 0 Å². The Hall–Kier alpha value is -3.93. The third-order valence-corrected chi connectivity index (χ3v) is 5.78. The molecule has 0 radical (unpaired) electrons. The fourth-order valence-electron chi connectivity index (χ4n) is 3.85. The second-order valence-electron chi connectivity index (χ2n) is 8.38. The minimum Gasteiger partial charge on any atom is -0.494 e. The van der Waals surface area contributed by atoms with E-state index >= 15 is 0 Å². The first kappa shape index (κ1) is 24.2. The molecule has 0 fully saturated rings. The molecule has 35 heavy (non-hydrogen) atoms. The van der Waals surface area contributed by atoms with Gasteiger partial charge in [0, 0.05) is 16.5 Å². The lowest BCUT2D eigenvalue weighted by Gasteiger charge is -2.09. The van der Waals surface area contributed by atoms with Gasteiger partial charge < -0.3 is 14.5 Å². The second-order valence-corrected chi connectivity index (χ2v) is 8.38. The monoisotopic (exact) mass is 473 g/mol. The number of furan rings is 1. The number of fused-ring (bicyclic) bond motifs is 1. The first-order chi connectivity index (χ1) is 17.1. The summed E-state index contributed by atoms with van der Waals surface area (Å²) in [5.41, 5.74) is 1.44. The number of ketones is 1. The van der Waals surface area contributed by atoms with Crippen molar-refractivity contribution >= 4 is 28.3 Å². The highest BCUT2D eigenvalue weighted by Crippen LogP contribution is 2.33. The van der Waals surface area contributed by atoms with Crippen LogP contribution in [0, 0.1) is 5.82 Å². The molecule has 1 amide bonds. The molecule has 0 aliphatic heterocycles. The predicted octanol–water partition coefficient (Wildman–Crippen LogP) is 7.40. The average molecular weight is 474 g/mol. The Labute approximate surface area is 203 Å². The highest BCUT2D eigenvalue weighted by atomic mass is 19.1. The van der Waals surface area contributed by atoms with E-state index in [1.807, 2.05) is 0 Å². The molecule has 0 bridgehead atoms. The van der Waals surface area contributed by atoms with Gasteiger partial charge in [0.1, 0.15) is 17.1 Å². The van der Waals surface area contributed by atoms with Crippen LogP contribution in [0.3, 0.4) is 0 Å². The summed E-state index contributed by atoms with van der Waals surface area (Å²) in [6.07, 6.45) is 5.81. The molecule has 0 saturated carbocycles. The van der Waals surface area contributed by atoms with Crippen molar-refractivity contribution in [2.75, 3.05) is 11.9 Å². The summed E-state index contributed by atoms with van der Waals surface area (Å²) in [6, 6.07) is 19.2. The third kappa shape index (κ3) is 5.96.